The van der Waals surface area contributed by atoms with E-state index in [1.54, 1.807) is 6.07 Å². The molecule has 0 amide bonds. The van der Waals surface area contributed by atoms with Crippen molar-refractivity contribution < 1.29 is 4.39 Å². The Kier molecular flexibility index (Phi) is 5.83. The van der Waals surface area contributed by atoms with Crippen LogP contribution in [0.3, 0.4) is 0 Å². The van der Waals surface area contributed by atoms with E-state index in [1.165, 1.54) is 5.69 Å². The monoisotopic (exact) mass is 497 g/mol. The lowest BCUT2D eigenvalue weighted by Crippen LogP contribution is -2.44. The van der Waals surface area contributed by atoms with Crippen LogP contribution >= 0.6 is 0 Å². The molecule has 2 aromatic carbocycles. The molecule has 1 aliphatic rings. The van der Waals surface area contributed by atoms with E-state index in [-0.39, 0.29) is 11.9 Å². The van der Waals surface area contributed by atoms with Gasteiger partial charge in [-0.25, -0.2) is 14.4 Å². The lowest BCUT2D eigenvalue weighted by Gasteiger charge is -2.34. The zero-order valence-electron chi connectivity index (χ0n) is 21.7. The fraction of sp³-hybridized carbons (Fsp3) is 0.310. The first-order valence-electron chi connectivity index (χ1n) is 12.8. The molecule has 6 rings (SSSR count). The minimum atomic E-state index is -0.309. The maximum Gasteiger partial charge on any atom is 0.151 e. The molecule has 0 bridgehead atoms. The lowest BCUT2D eigenvalue weighted by molar-refractivity contribution is 0.313. The molecule has 1 aliphatic heterocycles. The number of nitrogens with one attached hydrogen (secondary N) is 2. The van der Waals surface area contributed by atoms with E-state index in [0.717, 1.165) is 71.2 Å². The Bertz CT molecular complexity index is 1590. The molecule has 37 heavy (non-hydrogen) atoms. The highest BCUT2D eigenvalue weighted by Gasteiger charge is 2.18. The van der Waals surface area contributed by atoms with Crippen molar-refractivity contribution in [3.63, 3.8) is 0 Å². The summed E-state index contributed by atoms with van der Waals surface area (Å²) in [6.45, 7) is 10.3. The molecule has 0 spiro atoms. The number of rotatable bonds is 5. The first-order valence-corrected chi connectivity index (χ1v) is 12.8. The normalized spacial score (nSPS) is 14.8. The van der Waals surface area contributed by atoms with E-state index < -0.39 is 0 Å². The number of likely N-dealkylation sites (N-methyl/N-ethyl adjacent to an activating group) is 1. The van der Waals surface area contributed by atoms with E-state index in [2.05, 4.69) is 74.8 Å². The van der Waals surface area contributed by atoms with E-state index in [1.807, 2.05) is 31.3 Å². The lowest BCUT2D eigenvalue weighted by atomic mass is 10.0. The van der Waals surface area contributed by atoms with Gasteiger partial charge in [0.25, 0.3) is 0 Å². The van der Waals surface area contributed by atoms with Crippen LogP contribution in [0.5, 0.6) is 0 Å². The van der Waals surface area contributed by atoms with Gasteiger partial charge in [0.1, 0.15) is 22.8 Å². The number of benzene rings is 2. The molecule has 0 saturated carbocycles. The maximum atomic E-state index is 15.1. The second kappa shape index (κ2) is 9.19. The topological polar surface area (TPSA) is 65.0 Å². The Balaban J connectivity index is 1.30. The molecule has 190 valence electrons. The molecular weight excluding hydrogens is 465 g/mol. The van der Waals surface area contributed by atoms with E-state index in [9.17, 15) is 0 Å². The van der Waals surface area contributed by atoms with E-state index in [0.29, 0.717) is 5.52 Å². The highest BCUT2D eigenvalue weighted by molar-refractivity contribution is 5.96. The Morgan fingerprint density at radius 1 is 1.00 bits per heavy atom. The first-order chi connectivity index (χ1) is 17.9. The average molecular weight is 498 g/mol. The van der Waals surface area contributed by atoms with E-state index >= 15 is 4.39 Å². The quantitative estimate of drug-likeness (QED) is 0.307. The predicted molar refractivity (Wildman–Crippen MR) is 149 cm³/mol. The molecule has 0 radical (unpaired) electrons. The summed E-state index contributed by atoms with van der Waals surface area (Å²) < 4.78 is 17.1. The summed E-state index contributed by atoms with van der Waals surface area (Å²) in [5.41, 5.74) is 5.92. The van der Waals surface area contributed by atoms with Crippen LogP contribution in [0.25, 0.3) is 33.2 Å². The van der Waals surface area contributed by atoms with Gasteiger partial charge in [-0.1, -0.05) is 6.07 Å². The van der Waals surface area contributed by atoms with Gasteiger partial charge in [0.05, 0.1) is 5.52 Å². The number of pyridine rings is 1. The fourth-order valence-electron chi connectivity index (χ4n) is 5.38. The van der Waals surface area contributed by atoms with Crippen LogP contribution in [-0.2, 0) is 0 Å². The summed E-state index contributed by atoms with van der Waals surface area (Å²) in [6, 6.07) is 16.3. The van der Waals surface area contributed by atoms with Crippen LogP contribution in [0.4, 0.5) is 21.6 Å². The zero-order valence-corrected chi connectivity index (χ0v) is 21.7. The number of imidazole rings is 1. The Morgan fingerprint density at radius 3 is 2.59 bits per heavy atom. The van der Waals surface area contributed by atoms with Gasteiger partial charge in [0, 0.05) is 60.7 Å². The highest BCUT2D eigenvalue weighted by Crippen LogP contribution is 2.34. The predicted octanol–water partition coefficient (Wildman–Crippen LogP) is 6.10. The molecule has 2 N–H and O–H groups in total. The second-order valence-electron chi connectivity index (χ2n) is 10.2. The number of hydrogen-bond donors (Lipinski definition) is 2. The summed E-state index contributed by atoms with van der Waals surface area (Å²) in [4.78, 5) is 17.3. The van der Waals surface area contributed by atoms with Gasteiger partial charge >= 0.3 is 0 Å². The minimum Gasteiger partial charge on any atom is -0.369 e. The third-order valence-corrected chi connectivity index (χ3v) is 7.28. The molecule has 1 fully saturated rings. The largest absolute Gasteiger partial charge is 0.369 e. The molecule has 0 aliphatic carbocycles. The van der Waals surface area contributed by atoms with Crippen LogP contribution in [0.2, 0.25) is 0 Å². The van der Waals surface area contributed by atoms with Gasteiger partial charge in [-0.3, -0.25) is 0 Å². The Morgan fingerprint density at radius 2 is 1.81 bits per heavy atom. The number of nitrogens with zero attached hydrogens (tertiary/aromatic N) is 5. The van der Waals surface area contributed by atoms with Gasteiger partial charge in [0.2, 0.25) is 0 Å². The average Bonchev–Trinajstić information content (AvgIpc) is 3.45. The summed E-state index contributed by atoms with van der Waals surface area (Å²) in [5.74, 6) is 1.26. The maximum absolute atomic E-state index is 15.1. The number of anilines is 3. The number of halogens is 1. The standard InChI is InChI=1S/C29H32FN7/c1-18(2)37-19(3)32-28-25(30)14-20(15-26(28)37)24-17-31-29-23(24)8-9-27(34-29)33-21-6-5-7-22(16-21)36-12-10-35(4)11-13-36/h5-9,14-18H,10-13H2,1-4H3,(H2,31,33,34). The SMILES string of the molecule is Cc1nc2c(F)cc(-c3c[nH]c4nc(Nc5cccc(N6CCN(C)CC6)c5)ccc34)cc2n1C(C)C. The van der Waals surface area contributed by atoms with Gasteiger partial charge in [-0.05, 0) is 75.8 Å². The van der Waals surface area contributed by atoms with Crippen molar-refractivity contribution in [1.82, 2.24) is 24.4 Å². The molecule has 8 heteroatoms. The number of aryl methyl sites for hydroxylation is 1. The Hall–Kier alpha value is -3.91. The summed E-state index contributed by atoms with van der Waals surface area (Å²) in [7, 11) is 2.17. The van der Waals surface area contributed by atoms with Crippen molar-refractivity contribution in [1.29, 1.82) is 0 Å². The number of hydrogen-bond acceptors (Lipinski definition) is 5. The summed E-state index contributed by atoms with van der Waals surface area (Å²) in [5, 5.41) is 4.40. The van der Waals surface area contributed by atoms with Crippen molar-refractivity contribution in [2.75, 3.05) is 43.4 Å². The molecular formula is C29H32FN7. The van der Waals surface area contributed by atoms with E-state index in [4.69, 9.17) is 4.98 Å². The van der Waals surface area contributed by atoms with Gasteiger partial charge in [-0.15, -0.1) is 0 Å². The molecule has 1 saturated heterocycles. The molecule has 0 unspecified atom stereocenters. The van der Waals surface area contributed by atoms with Crippen molar-refractivity contribution in [3.05, 3.63) is 66.4 Å². The van der Waals surface area contributed by atoms with Gasteiger partial charge < -0.3 is 24.7 Å². The smallest absolute Gasteiger partial charge is 0.151 e. The molecule has 0 atom stereocenters. The van der Waals surface area contributed by atoms with Crippen LogP contribution in [0.1, 0.15) is 25.7 Å². The third-order valence-electron chi connectivity index (χ3n) is 7.28. The minimum absolute atomic E-state index is 0.188. The molecule has 5 aromatic rings. The molecule has 7 nitrogen and oxygen atoms in total. The highest BCUT2D eigenvalue weighted by atomic mass is 19.1. The van der Waals surface area contributed by atoms with Crippen molar-refractivity contribution in [3.8, 4) is 11.1 Å². The van der Waals surface area contributed by atoms with Crippen molar-refractivity contribution in [2.24, 2.45) is 0 Å². The third kappa shape index (κ3) is 4.31. The van der Waals surface area contributed by atoms with Crippen LogP contribution in [0.15, 0.2) is 54.7 Å². The molecule has 3 aromatic heterocycles. The van der Waals surface area contributed by atoms with Crippen molar-refractivity contribution in [2.45, 2.75) is 26.8 Å². The fourth-order valence-corrected chi connectivity index (χ4v) is 5.38. The van der Waals surface area contributed by atoms with Crippen LogP contribution in [-0.4, -0.2) is 57.6 Å². The van der Waals surface area contributed by atoms with Crippen LogP contribution in [0, 0.1) is 12.7 Å². The number of aromatic nitrogens is 4. The summed E-state index contributed by atoms with van der Waals surface area (Å²) in [6.07, 6.45) is 1.90. The number of H-pyrrole nitrogens is 1. The van der Waals surface area contributed by atoms with Crippen molar-refractivity contribution >= 4 is 39.3 Å². The number of fused-ring (bicyclic) bond motifs is 2. The number of piperazine rings is 1. The van der Waals surface area contributed by atoms with Crippen LogP contribution < -0.4 is 10.2 Å². The molecule has 4 heterocycles. The summed E-state index contributed by atoms with van der Waals surface area (Å²) >= 11 is 0. The number of aromatic amines is 1. The van der Waals surface area contributed by atoms with Gasteiger partial charge in [0.15, 0.2) is 5.82 Å². The zero-order chi connectivity index (χ0) is 25.7. The van der Waals surface area contributed by atoms with Gasteiger partial charge in [-0.2, -0.15) is 0 Å². The second-order valence-corrected chi connectivity index (χ2v) is 10.2. The Labute approximate surface area is 215 Å². The first kappa shape index (κ1) is 23.5.